The van der Waals surface area contributed by atoms with E-state index in [1.807, 2.05) is 72.8 Å². The zero-order valence-corrected chi connectivity index (χ0v) is 44.2. The molecule has 1 aliphatic heterocycles. The Bertz CT molecular complexity index is 2530. The summed E-state index contributed by atoms with van der Waals surface area (Å²) < 4.78 is 37.3. The third kappa shape index (κ3) is 18.2. The summed E-state index contributed by atoms with van der Waals surface area (Å²) in [6, 6.07) is 28.9. The van der Waals surface area contributed by atoms with Crippen LogP contribution in [0.5, 0.6) is 0 Å². The Kier molecular flexibility index (Phi) is 19.4. The van der Waals surface area contributed by atoms with Gasteiger partial charge in [-0.05, 0) is 127 Å². The number of amides is 5. The van der Waals surface area contributed by atoms with Crippen molar-refractivity contribution in [2.45, 2.75) is 148 Å². The molecule has 1 aliphatic rings. The number of carbonyl (C=O) groups is 6. The third-order valence-corrected chi connectivity index (χ3v) is 14.0. The van der Waals surface area contributed by atoms with Gasteiger partial charge in [-0.15, -0.1) is 0 Å². The first-order valence-corrected chi connectivity index (χ1v) is 26.3. The van der Waals surface area contributed by atoms with Crippen LogP contribution in [0.25, 0.3) is 10.8 Å². The van der Waals surface area contributed by atoms with Crippen LogP contribution in [0.15, 0.2) is 97.1 Å². The smallest absolute Gasteiger partial charge is 0.410 e. The van der Waals surface area contributed by atoms with Crippen molar-refractivity contribution in [1.29, 1.82) is 0 Å². The Labute approximate surface area is 424 Å². The maximum absolute atomic E-state index is 14.8. The van der Waals surface area contributed by atoms with Crippen molar-refractivity contribution in [1.82, 2.24) is 20.9 Å². The molecule has 17 heteroatoms. The molecule has 4 aromatic rings. The summed E-state index contributed by atoms with van der Waals surface area (Å²) in [6.07, 6.45) is -0.494. The molecule has 0 aromatic heterocycles. The van der Waals surface area contributed by atoms with E-state index in [-0.39, 0.29) is 58.1 Å². The van der Waals surface area contributed by atoms with Gasteiger partial charge in [0.15, 0.2) is 0 Å². The maximum atomic E-state index is 14.8. The number of benzene rings is 4. The lowest BCUT2D eigenvalue weighted by Gasteiger charge is -2.41. The number of piperidine rings is 1. The minimum Gasteiger partial charge on any atom is -0.460 e. The van der Waals surface area contributed by atoms with Crippen molar-refractivity contribution in [3.8, 4) is 0 Å². The molecular formula is C55H74N5O11P. The van der Waals surface area contributed by atoms with Gasteiger partial charge in [-0.1, -0.05) is 97.1 Å². The molecule has 1 saturated heterocycles. The van der Waals surface area contributed by atoms with Gasteiger partial charge in [-0.25, -0.2) is 4.79 Å². The number of nitrogens with two attached hydrogens (primary N) is 1. The number of fused-ring (bicyclic) bond motifs is 1. The first-order chi connectivity index (χ1) is 33.7. The average Bonchev–Trinajstić information content (AvgIpc) is 3.28. The fraction of sp³-hybridized carbons (Fsp3) is 0.491. The van der Waals surface area contributed by atoms with E-state index in [0.29, 0.717) is 24.0 Å². The Morgan fingerprint density at radius 3 is 1.92 bits per heavy atom. The first-order valence-electron chi connectivity index (χ1n) is 24.6. The second-order valence-electron chi connectivity index (χ2n) is 21.5. The van der Waals surface area contributed by atoms with E-state index >= 15 is 0 Å². The third-order valence-electron chi connectivity index (χ3n) is 11.6. The van der Waals surface area contributed by atoms with E-state index in [4.69, 9.17) is 24.3 Å². The van der Waals surface area contributed by atoms with Gasteiger partial charge in [0, 0.05) is 19.6 Å². The fourth-order valence-corrected chi connectivity index (χ4v) is 11.0. The molecule has 390 valence electrons. The van der Waals surface area contributed by atoms with Gasteiger partial charge in [0.2, 0.25) is 23.6 Å². The number of rotatable bonds is 21. The van der Waals surface area contributed by atoms with Crippen molar-refractivity contribution >= 4 is 54.1 Å². The van der Waals surface area contributed by atoms with E-state index in [1.54, 1.807) is 86.6 Å². The van der Waals surface area contributed by atoms with Crippen molar-refractivity contribution in [2.24, 2.45) is 11.7 Å². The van der Waals surface area contributed by atoms with Crippen LogP contribution in [0, 0.1) is 5.92 Å². The highest BCUT2D eigenvalue weighted by Gasteiger charge is 2.46. The molecule has 0 radical (unpaired) electrons. The van der Waals surface area contributed by atoms with Crippen LogP contribution in [0.2, 0.25) is 0 Å². The predicted molar refractivity (Wildman–Crippen MR) is 276 cm³/mol. The van der Waals surface area contributed by atoms with E-state index in [1.165, 1.54) is 4.90 Å². The van der Waals surface area contributed by atoms with Crippen LogP contribution in [0.3, 0.4) is 0 Å². The van der Waals surface area contributed by atoms with Crippen molar-refractivity contribution in [3.05, 3.63) is 119 Å². The Morgan fingerprint density at radius 2 is 1.31 bits per heavy atom. The molecule has 5 amide bonds. The van der Waals surface area contributed by atoms with Crippen LogP contribution in [-0.4, -0.2) is 88.6 Å². The normalized spacial score (nSPS) is 14.9. The molecule has 2 atom stereocenters. The number of nitrogens with one attached hydrogen (secondary N) is 3. The zero-order chi connectivity index (χ0) is 52.9. The van der Waals surface area contributed by atoms with Crippen LogP contribution < -0.4 is 21.7 Å². The maximum Gasteiger partial charge on any atom is 0.410 e. The number of primary amides is 1. The molecule has 5 N–H and O–H groups in total. The van der Waals surface area contributed by atoms with Gasteiger partial charge in [-0.2, -0.15) is 0 Å². The molecule has 0 aliphatic carbocycles. The number of hydrogen-bond acceptors (Lipinski definition) is 11. The van der Waals surface area contributed by atoms with Crippen molar-refractivity contribution in [3.63, 3.8) is 0 Å². The average molecular weight is 1010 g/mol. The summed E-state index contributed by atoms with van der Waals surface area (Å²) in [6.45, 7) is 16.2. The molecule has 4 aromatic carbocycles. The monoisotopic (exact) mass is 1010 g/mol. The van der Waals surface area contributed by atoms with E-state index < -0.39 is 84.0 Å². The molecule has 1 heterocycles. The SMILES string of the molecule is CC(C)(C)OC(=O)C[C@@H](Cc1ccc(CP(=O)(OC(C)(C)C)OC(C)(C)C)cc1)C(=O)NC1(C(=O)N[C@@H](CC(N)=O)C(=O)NCCCc2cccc3ccccc23)CCN(C(=O)OCc2ccccc2)CC1. The summed E-state index contributed by atoms with van der Waals surface area (Å²) in [7, 11) is -3.65. The second-order valence-corrected chi connectivity index (χ2v) is 23.4. The van der Waals surface area contributed by atoms with Gasteiger partial charge in [0.25, 0.3) is 0 Å². The number of nitrogens with zero attached hydrogens (tertiary/aromatic N) is 1. The predicted octanol–water partition coefficient (Wildman–Crippen LogP) is 8.45. The summed E-state index contributed by atoms with van der Waals surface area (Å²) in [5.41, 5.74) is 4.73. The molecule has 0 bridgehead atoms. The topological polar surface area (TPSA) is 222 Å². The highest BCUT2D eigenvalue weighted by molar-refractivity contribution is 7.53. The number of hydrogen-bond donors (Lipinski definition) is 4. The summed E-state index contributed by atoms with van der Waals surface area (Å²) in [4.78, 5) is 84.0. The van der Waals surface area contributed by atoms with E-state index in [9.17, 15) is 33.3 Å². The molecular weight excluding hydrogens is 938 g/mol. The largest absolute Gasteiger partial charge is 0.460 e. The number of likely N-dealkylation sites (tertiary alicyclic amines) is 1. The lowest BCUT2D eigenvalue weighted by molar-refractivity contribution is -0.157. The van der Waals surface area contributed by atoms with E-state index in [2.05, 4.69) is 16.0 Å². The molecule has 0 saturated carbocycles. The number of esters is 1. The quantitative estimate of drug-likeness (QED) is 0.0352. The van der Waals surface area contributed by atoms with Crippen LogP contribution >= 0.6 is 7.60 Å². The van der Waals surface area contributed by atoms with Gasteiger partial charge >= 0.3 is 19.7 Å². The molecule has 1 fully saturated rings. The molecule has 0 unspecified atom stereocenters. The Morgan fingerprint density at radius 1 is 0.708 bits per heavy atom. The summed E-state index contributed by atoms with van der Waals surface area (Å²) in [5, 5.41) is 10.7. The molecule has 5 rings (SSSR count). The van der Waals surface area contributed by atoms with Gasteiger partial charge in [-0.3, -0.25) is 28.5 Å². The van der Waals surface area contributed by atoms with Crippen LogP contribution in [-0.2, 0) is 72.7 Å². The number of ether oxygens (including phenoxy) is 2. The molecule has 16 nitrogen and oxygen atoms in total. The number of carbonyl (C=O) groups excluding carboxylic acids is 6. The number of aryl methyl sites for hydroxylation is 1. The minimum atomic E-state index is -3.65. The van der Waals surface area contributed by atoms with Gasteiger partial charge in [0.05, 0.1) is 36.1 Å². The minimum absolute atomic E-state index is 0.0159. The molecule has 0 spiro atoms. The van der Waals surface area contributed by atoms with Gasteiger partial charge in [0.1, 0.15) is 23.8 Å². The standard InChI is InChI=1S/C55H74N5O11P/c1-52(2,3)69-47(62)34-43(33-38-24-26-40(27-25-38)37-72(67,70-53(4,5)6)71-54(7,8)9)48(63)59-55(28-31-60(32-29-55)51(66)68-36-39-17-11-10-12-18-39)50(65)58-45(35-46(56)61)49(64)57-30-16-22-42-21-15-20-41-19-13-14-23-44(41)42/h10-15,17-21,23-27,43,45H,16,22,28-37H2,1-9H3,(H2,56,61)(H,57,64)(H,58,65)(H,59,63)/t43-,45+/m1/s1. The Balaban J connectivity index is 1.38. The van der Waals surface area contributed by atoms with Crippen molar-refractivity contribution < 1.29 is 51.9 Å². The van der Waals surface area contributed by atoms with Crippen LogP contribution in [0.1, 0.15) is 117 Å². The van der Waals surface area contributed by atoms with Gasteiger partial charge < -0.3 is 45.1 Å². The summed E-state index contributed by atoms with van der Waals surface area (Å²) in [5.74, 6) is -4.63. The van der Waals surface area contributed by atoms with Crippen LogP contribution in [0.4, 0.5) is 4.79 Å². The lowest BCUT2D eigenvalue weighted by Crippen LogP contribution is -2.66. The highest BCUT2D eigenvalue weighted by Crippen LogP contribution is 2.57. The summed E-state index contributed by atoms with van der Waals surface area (Å²) >= 11 is 0. The lowest BCUT2D eigenvalue weighted by atomic mass is 9.84. The fourth-order valence-electron chi connectivity index (χ4n) is 8.51. The van der Waals surface area contributed by atoms with E-state index in [0.717, 1.165) is 21.9 Å². The van der Waals surface area contributed by atoms with Crippen molar-refractivity contribution in [2.75, 3.05) is 19.6 Å². The molecule has 72 heavy (non-hydrogen) atoms. The second kappa shape index (κ2) is 24.6. The first kappa shape index (κ1) is 56.8. The zero-order valence-electron chi connectivity index (χ0n) is 43.3. The Hall–Kier alpha value is -6.09. The highest BCUT2D eigenvalue weighted by atomic mass is 31.2.